The number of aromatic hydroxyl groups is 1. The fourth-order valence-corrected chi connectivity index (χ4v) is 5.15. The number of ether oxygens (including phenoxy) is 2. The minimum Gasteiger partial charge on any atom is -0.506 e. The largest absolute Gasteiger partial charge is 0.506 e. The number of halogens is 3. The molecule has 0 aromatic heterocycles. The summed E-state index contributed by atoms with van der Waals surface area (Å²) in [5, 5.41) is 12.7. The van der Waals surface area contributed by atoms with Gasteiger partial charge in [-0.2, -0.15) is 13.2 Å². The Balaban J connectivity index is 0.000000730. The highest BCUT2D eigenvalue weighted by atomic mass is 19.4. The van der Waals surface area contributed by atoms with Crippen molar-refractivity contribution in [2.45, 2.75) is 76.4 Å². The molecule has 1 heterocycles. The van der Waals surface area contributed by atoms with Gasteiger partial charge in [0.25, 0.3) is 5.91 Å². The molecule has 2 amide bonds. The Morgan fingerprint density at radius 3 is 2.45 bits per heavy atom. The summed E-state index contributed by atoms with van der Waals surface area (Å²) in [6.07, 6.45) is 3.89. The SMILES string of the molecule is O=C1COc2c(CCCCCN(C(=O)CCOCCc3ccccc3)C3CCCC3)ccc(O)c2N1.O=CC(F)(F)F. The van der Waals surface area contributed by atoms with Gasteiger partial charge in [-0.1, -0.05) is 55.7 Å². The fraction of sp³-hybridized carbons (Fsp3) is 0.516. The molecule has 0 unspecified atom stereocenters. The Labute approximate surface area is 244 Å². The molecule has 2 aromatic carbocycles. The third kappa shape index (κ3) is 11.0. The van der Waals surface area contributed by atoms with E-state index in [2.05, 4.69) is 22.3 Å². The smallest absolute Gasteiger partial charge is 0.446 e. The fourth-order valence-electron chi connectivity index (χ4n) is 5.15. The zero-order chi connectivity index (χ0) is 30.4. The molecule has 0 atom stereocenters. The highest BCUT2D eigenvalue weighted by molar-refractivity contribution is 5.97. The molecule has 2 aromatic rings. The van der Waals surface area contributed by atoms with Crippen molar-refractivity contribution in [3.63, 3.8) is 0 Å². The lowest BCUT2D eigenvalue weighted by molar-refractivity contribution is -0.156. The number of amides is 2. The second-order valence-electron chi connectivity index (χ2n) is 10.4. The number of unbranched alkanes of at least 4 members (excludes halogenated alkanes) is 2. The monoisotopic (exact) mass is 592 g/mol. The van der Waals surface area contributed by atoms with Gasteiger partial charge in [-0.05, 0) is 55.7 Å². The normalized spacial score (nSPS) is 14.7. The zero-order valence-corrected chi connectivity index (χ0v) is 23.7. The zero-order valence-electron chi connectivity index (χ0n) is 23.7. The summed E-state index contributed by atoms with van der Waals surface area (Å²) in [6, 6.07) is 14.1. The van der Waals surface area contributed by atoms with Crippen molar-refractivity contribution < 1.29 is 42.1 Å². The number of fused-ring (bicyclic) bond motifs is 1. The molecule has 4 rings (SSSR count). The highest BCUT2D eigenvalue weighted by Gasteiger charge is 2.27. The van der Waals surface area contributed by atoms with E-state index in [1.165, 1.54) is 18.4 Å². The van der Waals surface area contributed by atoms with Crippen LogP contribution in [0.2, 0.25) is 0 Å². The first-order valence-corrected chi connectivity index (χ1v) is 14.4. The molecule has 2 aliphatic rings. The molecule has 11 heteroatoms. The lowest BCUT2D eigenvalue weighted by Crippen LogP contribution is -2.40. The van der Waals surface area contributed by atoms with E-state index in [0.29, 0.717) is 37.1 Å². The molecule has 1 aliphatic heterocycles. The van der Waals surface area contributed by atoms with Gasteiger partial charge in [0.05, 0.1) is 19.6 Å². The Hall–Kier alpha value is -3.60. The molecular formula is C31H39F3N2O6. The van der Waals surface area contributed by atoms with Crippen molar-refractivity contribution in [3.8, 4) is 11.5 Å². The summed E-state index contributed by atoms with van der Waals surface area (Å²) in [6.45, 7) is 1.86. The first-order chi connectivity index (χ1) is 20.2. The number of nitrogens with one attached hydrogen (secondary N) is 1. The second kappa shape index (κ2) is 16.7. The van der Waals surface area contributed by atoms with E-state index in [9.17, 15) is 27.9 Å². The van der Waals surface area contributed by atoms with Gasteiger partial charge in [0, 0.05) is 12.6 Å². The summed E-state index contributed by atoms with van der Waals surface area (Å²) in [5.41, 5.74) is 2.60. The van der Waals surface area contributed by atoms with Gasteiger partial charge in [-0.15, -0.1) is 0 Å². The Kier molecular flexibility index (Phi) is 13.1. The second-order valence-corrected chi connectivity index (χ2v) is 10.4. The highest BCUT2D eigenvalue weighted by Crippen LogP contribution is 2.39. The van der Waals surface area contributed by atoms with Crippen LogP contribution in [0.15, 0.2) is 42.5 Å². The number of hydrogen-bond donors (Lipinski definition) is 2. The molecule has 42 heavy (non-hydrogen) atoms. The molecule has 2 N–H and O–H groups in total. The Bertz CT molecular complexity index is 1150. The number of hydrogen-bond acceptors (Lipinski definition) is 6. The van der Waals surface area contributed by atoms with E-state index >= 15 is 0 Å². The van der Waals surface area contributed by atoms with Crippen molar-refractivity contribution in [3.05, 3.63) is 53.6 Å². The Morgan fingerprint density at radius 2 is 1.76 bits per heavy atom. The van der Waals surface area contributed by atoms with E-state index < -0.39 is 12.5 Å². The number of aryl methyl sites for hydroxylation is 1. The minimum absolute atomic E-state index is 0.0246. The number of phenols is 1. The minimum atomic E-state index is -4.64. The van der Waals surface area contributed by atoms with Crippen molar-refractivity contribution in [1.29, 1.82) is 0 Å². The summed E-state index contributed by atoms with van der Waals surface area (Å²) in [7, 11) is 0. The summed E-state index contributed by atoms with van der Waals surface area (Å²) in [5.74, 6) is 0.549. The van der Waals surface area contributed by atoms with Gasteiger partial charge < -0.3 is 24.8 Å². The van der Waals surface area contributed by atoms with Gasteiger partial charge in [-0.3, -0.25) is 14.4 Å². The predicted octanol–water partition coefficient (Wildman–Crippen LogP) is 5.60. The maximum absolute atomic E-state index is 13.0. The number of benzene rings is 2. The number of carbonyl (C=O) groups excluding carboxylic acids is 3. The predicted molar refractivity (Wildman–Crippen MR) is 151 cm³/mol. The van der Waals surface area contributed by atoms with Gasteiger partial charge in [-0.25, -0.2) is 0 Å². The third-order valence-electron chi connectivity index (χ3n) is 7.23. The average Bonchev–Trinajstić information content (AvgIpc) is 3.51. The molecule has 230 valence electrons. The number of alkyl halides is 3. The van der Waals surface area contributed by atoms with Crippen LogP contribution in [0.5, 0.6) is 11.5 Å². The molecule has 0 bridgehead atoms. The van der Waals surface area contributed by atoms with Crippen LogP contribution in [0.4, 0.5) is 18.9 Å². The van der Waals surface area contributed by atoms with E-state index in [0.717, 1.165) is 57.1 Å². The maximum Gasteiger partial charge on any atom is 0.446 e. The molecule has 0 spiro atoms. The van der Waals surface area contributed by atoms with Gasteiger partial charge in [0.1, 0.15) is 11.4 Å². The average molecular weight is 593 g/mol. The molecule has 1 fully saturated rings. The third-order valence-corrected chi connectivity index (χ3v) is 7.23. The van der Waals surface area contributed by atoms with E-state index in [-0.39, 0.29) is 24.2 Å². The van der Waals surface area contributed by atoms with Crippen LogP contribution in [-0.4, -0.2) is 66.7 Å². The van der Waals surface area contributed by atoms with Crippen LogP contribution in [0, 0.1) is 0 Å². The summed E-state index contributed by atoms with van der Waals surface area (Å²) >= 11 is 0. The van der Waals surface area contributed by atoms with Crippen molar-refractivity contribution in [2.24, 2.45) is 0 Å². The van der Waals surface area contributed by atoms with E-state index in [1.54, 1.807) is 6.07 Å². The molecular weight excluding hydrogens is 553 g/mol. The van der Waals surface area contributed by atoms with E-state index in [1.807, 2.05) is 24.3 Å². The summed E-state index contributed by atoms with van der Waals surface area (Å²) in [4.78, 5) is 35.4. The lowest BCUT2D eigenvalue weighted by atomic mass is 10.0. The maximum atomic E-state index is 13.0. The molecule has 1 saturated carbocycles. The van der Waals surface area contributed by atoms with Gasteiger partial charge in [0.15, 0.2) is 12.4 Å². The van der Waals surface area contributed by atoms with Gasteiger partial charge in [0.2, 0.25) is 12.2 Å². The first kappa shape index (κ1) is 32.9. The number of carbonyl (C=O) groups is 3. The van der Waals surface area contributed by atoms with Crippen molar-refractivity contribution in [1.82, 2.24) is 4.90 Å². The number of nitrogens with zero attached hydrogens (tertiary/aromatic N) is 1. The quantitative estimate of drug-likeness (QED) is 0.178. The van der Waals surface area contributed by atoms with Crippen LogP contribution in [0.3, 0.4) is 0 Å². The topological polar surface area (TPSA) is 105 Å². The van der Waals surface area contributed by atoms with Crippen LogP contribution in [-0.2, 0) is 32.0 Å². The van der Waals surface area contributed by atoms with Crippen LogP contribution in [0.1, 0.15) is 62.5 Å². The summed E-state index contributed by atoms with van der Waals surface area (Å²) < 4.78 is 42.6. The molecule has 8 nitrogen and oxygen atoms in total. The number of phenolic OH excluding ortho intramolecular Hbond substituents is 1. The number of rotatable bonds is 13. The number of aldehydes is 1. The molecule has 0 radical (unpaired) electrons. The Morgan fingerprint density at radius 1 is 1.05 bits per heavy atom. The van der Waals surface area contributed by atoms with E-state index in [4.69, 9.17) is 14.3 Å². The lowest BCUT2D eigenvalue weighted by Gasteiger charge is -2.29. The van der Waals surface area contributed by atoms with Crippen molar-refractivity contribution >= 4 is 23.8 Å². The van der Waals surface area contributed by atoms with Crippen LogP contribution in [0.25, 0.3) is 0 Å². The van der Waals surface area contributed by atoms with Crippen LogP contribution >= 0.6 is 0 Å². The first-order valence-electron chi connectivity index (χ1n) is 14.4. The number of anilines is 1. The van der Waals surface area contributed by atoms with Crippen molar-refractivity contribution in [2.75, 3.05) is 31.7 Å². The van der Waals surface area contributed by atoms with Gasteiger partial charge >= 0.3 is 6.18 Å². The molecule has 0 saturated heterocycles. The molecule has 1 aliphatic carbocycles. The standard InChI is InChI=1S/C29H38N2O5.C2HF3O/c32-25-15-14-23(29-28(25)30-26(33)21-36-29)11-5-2-8-18-31(24-12-6-7-13-24)27(34)17-20-35-19-16-22-9-3-1-4-10-22;3-2(4,5)1-6/h1,3-4,9-10,14-15,24,32H,2,5-8,11-13,16-21H2,(H,30,33);1H. The van der Waals surface area contributed by atoms with Crippen LogP contribution < -0.4 is 10.1 Å².